The van der Waals surface area contributed by atoms with Crippen molar-refractivity contribution in [3.63, 3.8) is 0 Å². The molecule has 4 nitrogen and oxygen atoms in total. The second kappa shape index (κ2) is 10.1. The Morgan fingerprint density at radius 1 is 0.897 bits per heavy atom. The molecule has 3 aromatic rings. The summed E-state index contributed by atoms with van der Waals surface area (Å²) in [6.45, 7) is 3.57. The number of nitrogens with two attached hydrogens (primary N) is 1. The molecule has 0 aliphatic heterocycles. The van der Waals surface area contributed by atoms with Crippen LogP contribution in [-0.2, 0) is 22.6 Å². The van der Waals surface area contributed by atoms with Crippen molar-refractivity contribution in [2.45, 2.75) is 20.0 Å². The van der Waals surface area contributed by atoms with Crippen molar-refractivity contribution in [1.82, 2.24) is 0 Å². The number of rotatable bonds is 8. The van der Waals surface area contributed by atoms with Crippen molar-refractivity contribution in [1.29, 1.82) is 0 Å². The number of carbonyl (C=O) groups is 1. The van der Waals surface area contributed by atoms with E-state index in [2.05, 4.69) is 29.2 Å². The average Bonchev–Trinajstić information content (AvgIpc) is 2.74. The van der Waals surface area contributed by atoms with Crippen LogP contribution in [0, 0.1) is 0 Å². The fourth-order valence-corrected chi connectivity index (χ4v) is 3.20. The maximum absolute atomic E-state index is 11.8. The maximum Gasteiger partial charge on any atom is 0.330 e. The minimum atomic E-state index is -0.376. The van der Waals surface area contributed by atoms with Gasteiger partial charge < -0.3 is 15.4 Å². The highest BCUT2D eigenvalue weighted by molar-refractivity contribution is 5.90. The Balaban J connectivity index is 1.98. The van der Waals surface area contributed by atoms with E-state index in [1.807, 2.05) is 54.6 Å². The van der Waals surface area contributed by atoms with Gasteiger partial charge in [0, 0.05) is 36.1 Å². The lowest BCUT2D eigenvalue weighted by atomic mass is 10.1. The highest BCUT2D eigenvalue weighted by Crippen LogP contribution is 2.30. The largest absolute Gasteiger partial charge is 0.463 e. The first kappa shape index (κ1) is 20.2. The lowest BCUT2D eigenvalue weighted by molar-refractivity contribution is -0.137. The Morgan fingerprint density at radius 3 is 2.03 bits per heavy atom. The van der Waals surface area contributed by atoms with Gasteiger partial charge in [0.05, 0.1) is 6.61 Å². The van der Waals surface area contributed by atoms with Crippen LogP contribution in [0.1, 0.15) is 23.6 Å². The monoisotopic (exact) mass is 386 g/mol. The van der Waals surface area contributed by atoms with E-state index in [1.165, 1.54) is 17.2 Å². The summed E-state index contributed by atoms with van der Waals surface area (Å²) < 4.78 is 5.01. The fraction of sp³-hybridized carbons (Fsp3) is 0.160. The van der Waals surface area contributed by atoms with Gasteiger partial charge in [0.15, 0.2) is 0 Å². The predicted octanol–water partition coefficient (Wildman–Crippen LogP) is 5.05. The van der Waals surface area contributed by atoms with Gasteiger partial charge in [-0.1, -0.05) is 66.7 Å². The predicted molar refractivity (Wildman–Crippen MR) is 119 cm³/mol. The van der Waals surface area contributed by atoms with E-state index in [4.69, 9.17) is 10.5 Å². The van der Waals surface area contributed by atoms with E-state index < -0.39 is 0 Å². The van der Waals surface area contributed by atoms with Crippen LogP contribution in [0.5, 0.6) is 0 Å². The van der Waals surface area contributed by atoms with Gasteiger partial charge in [0.25, 0.3) is 0 Å². The van der Waals surface area contributed by atoms with Crippen molar-refractivity contribution in [3.8, 4) is 0 Å². The van der Waals surface area contributed by atoms with E-state index in [-0.39, 0.29) is 5.97 Å². The van der Waals surface area contributed by atoms with Gasteiger partial charge in [-0.05, 0) is 36.3 Å². The van der Waals surface area contributed by atoms with E-state index in [0.717, 1.165) is 24.3 Å². The normalized spacial score (nSPS) is 10.8. The van der Waals surface area contributed by atoms with Crippen LogP contribution in [0.15, 0.2) is 84.9 Å². The highest BCUT2D eigenvalue weighted by Gasteiger charge is 2.14. The molecule has 0 spiro atoms. The first-order valence-electron chi connectivity index (χ1n) is 9.73. The van der Waals surface area contributed by atoms with Crippen molar-refractivity contribution < 1.29 is 9.53 Å². The molecule has 3 rings (SSSR count). The molecule has 0 saturated heterocycles. The van der Waals surface area contributed by atoms with Crippen LogP contribution in [0.25, 0.3) is 6.08 Å². The van der Waals surface area contributed by atoms with E-state index in [1.54, 1.807) is 13.0 Å². The third-order valence-corrected chi connectivity index (χ3v) is 4.56. The Hall–Kier alpha value is -3.53. The molecule has 0 atom stereocenters. The van der Waals surface area contributed by atoms with Gasteiger partial charge in [-0.3, -0.25) is 0 Å². The van der Waals surface area contributed by atoms with E-state index >= 15 is 0 Å². The third-order valence-electron chi connectivity index (χ3n) is 4.56. The molecule has 0 amide bonds. The molecule has 0 unspecified atom stereocenters. The van der Waals surface area contributed by atoms with Gasteiger partial charge in [-0.15, -0.1) is 0 Å². The number of anilines is 2. The summed E-state index contributed by atoms with van der Waals surface area (Å²) in [6, 6.07) is 26.4. The smallest absolute Gasteiger partial charge is 0.330 e. The molecule has 0 radical (unpaired) electrons. The number of hydrogen-bond acceptors (Lipinski definition) is 4. The molecule has 0 aromatic heterocycles. The van der Waals surface area contributed by atoms with Crippen molar-refractivity contribution in [2.75, 3.05) is 17.2 Å². The molecule has 0 heterocycles. The van der Waals surface area contributed by atoms with Crippen molar-refractivity contribution in [2.24, 2.45) is 0 Å². The first-order chi connectivity index (χ1) is 14.2. The topological polar surface area (TPSA) is 55.6 Å². The number of nitrogen functional groups attached to an aromatic ring is 1. The molecule has 4 heteroatoms. The van der Waals surface area contributed by atoms with Crippen molar-refractivity contribution >= 4 is 23.4 Å². The van der Waals surface area contributed by atoms with E-state index in [0.29, 0.717) is 12.3 Å². The van der Waals surface area contributed by atoms with Crippen molar-refractivity contribution in [3.05, 3.63) is 102 Å². The third kappa shape index (κ3) is 5.72. The van der Waals surface area contributed by atoms with Gasteiger partial charge in [-0.2, -0.15) is 0 Å². The number of benzene rings is 3. The first-order valence-corrected chi connectivity index (χ1v) is 9.73. The number of hydrogen-bond donors (Lipinski definition) is 1. The number of ether oxygens (including phenoxy) is 1. The summed E-state index contributed by atoms with van der Waals surface area (Å²) in [5.41, 5.74) is 11.1. The molecule has 0 bridgehead atoms. The lowest BCUT2D eigenvalue weighted by Crippen LogP contribution is -2.23. The molecule has 0 fully saturated rings. The second-order valence-electron chi connectivity index (χ2n) is 6.69. The molecule has 148 valence electrons. The Bertz CT molecular complexity index is 912. The SMILES string of the molecule is CCOC(=O)/C=C/c1c(N)cccc1N(Cc1ccccc1)Cc1ccccc1. The molecule has 0 aliphatic rings. The fourth-order valence-electron chi connectivity index (χ4n) is 3.20. The maximum atomic E-state index is 11.8. The second-order valence-corrected chi connectivity index (χ2v) is 6.69. The van der Waals surface area contributed by atoms with Gasteiger partial charge in [0.1, 0.15) is 0 Å². The minimum absolute atomic E-state index is 0.342. The lowest BCUT2D eigenvalue weighted by Gasteiger charge is -2.27. The molecule has 0 aliphatic carbocycles. The van der Waals surface area contributed by atoms with Crippen LogP contribution in [-0.4, -0.2) is 12.6 Å². The van der Waals surface area contributed by atoms with Crippen LogP contribution in [0.3, 0.4) is 0 Å². The van der Waals surface area contributed by atoms with Gasteiger partial charge in [0.2, 0.25) is 0 Å². The summed E-state index contributed by atoms with van der Waals surface area (Å²) in [7, 11) is 0. The zero-order valence-corrected chi connectivity index (χ0v) is 16.6. The molecular formula is C25H26N2O2. The summed E-state index contributed by atoms with van der Waals surface area (Å²) in [5.74, 6) is -0.376. The standard InChI is InChI=1S/C25H26N2O2/c1-2-29-25(28)17-16-22-23(26)14-9-15-24(22)27(18-20-10-5-3-6-11-20)19-21-12-7-4-8-13-21/h3-17H,2,18-19,26H2,1H3/b17-16+. The summed E-state index contributed by atoms with van der Waals surface area (Å²) >= 11 is 0. The summed E-state index contributed by atoms with van der Waals surface area (Å²) in [5, 5.41) is 0. The number of carbonyl (C=O) groups excluding carboxylic acids is 1. The molecule has 0 saturated carbocycles. The minimum Gasteiger partial charge on any atom is -0.463 e. The van der Waals surface area contributed by atoms with E-state index in [9.17, 15) is 4.79 Å². The highest BCUT2D eigenvalue weighted by atomic mass is 16.5. The molecule has 2 N–H and O–H groups in total. The van der Waals surface area contributed by atoms with Crippen LogP contribution < -0.4 is 10.6 Å². The van der Waals surface area contributed by atoms with Gasteiger partial charge in [-0.25, -0.2) is 4.79 Å². The zero-order valence-electron chi connectivity index (χ0n) is 16.6. The molecular weight excluding hydrogens is 360 g/mol. The quantitative estimate of drug-likeness (QED) is 0.334. The molecule has 29 heavy (non-hydrogen) atoms. The average molecular weight is 386 g/mol. The Labute approximate surface area is 172 Å². The number of nitrogens with zero attached hydrogens (tertiary/aromatic N) is 1. The summed E-state index contributed by atoms with van der Waals surface area (Å²) in [6.07, 6.45) is 3.17. The van der Waals surface area contributed by atoms with Gasteiger partial charge >= 0.3 is 5.97 Å². The Kier molecular flexibility index (Phi) is 7.06. The summed E-state index contributed by atoms with van der Waals surface area (Å²) in [4.78, 5) is 14.1. The zero-order chi connectivity index (χ0) is 20.5. The Morgan fingerprint density at radius 2 is 1.48 bits per heavy atom. The molecule has 3 aromatic carbocycles. The van der Waals surface area contributed by atoms with Crippen LogP contribution >= 0.6 is 0 Å². The van der Waals surface area contributed by atoms with Crippen LogP contribution in [0.4, 0.5) is 11.4 Å². The number of esters is 1. The van der Waals surface area contributed by atoms with Crippen LogP contribution in [0.2, 0.25) is 0 Å².